The highest BCUT2D eigenvalue weighted by atomic mass is 14.1. The van der Waals surface area contributed by atoms with E-state index in [0.29, 0.717) is 0 Å². The van der Waals surface area contributed by atoms with Crippen LogP contribution in [0, 0.1) is 6.92 Å². The third-order valence-electron chi connectivity index (χ3n) is 3.05. The number of aryl methyl sites for hydroxylation is 1. The standard InChI is InChI=1S/C14H12.C2H4/c1-10-13-7-3-2-5-11(13)9-12-6-4-8-14(10)12;1-2/h2-3,5-9H,4H2,1H3;1-2H2. The molecule has 0 saturated carbocycles. The first-order valence-corrected chi connectivity index (χ1v) is 5.55. The van der Waals surface area contributed by atoms with Crippen LogP contribution in [-0.4, -0.2) is 0 Å². The molecule has 1 aliphatic rings. The minimum Gasteiger partial charge on any atom is -0.106 e. The van der Waals surface area contributed by atoms with Crippen molar-refractivity contribution < 1.29 is 0 Å². The number of hydrogen-bond acceptors (Lipinski definition) is 0. The van der Waals surface area contributed by atoms with E-state index in [2.05, 4.69) is 62.6 Å². The molecule has 0 spiro atoms. The maximum absolute atomic E-state index is 3.00. The number of benzene rings is 2. The van der Waals surface area contributed by atoms with Crippen LogP contribution in [0.3, 0.4) is 0 Å². The fraction of sp³-hybridized carbons (Fsp3) is 0.125. The molecule has 0 heteroatoms. The van der Waals surface area contributed by atoms with E-state index < -0.39 is 0 Å². The Balaban J connectivity index is 0.000000457. The number of hydrogen-bond donors (Lipinski definition) is 0. The monoisotopic (exact) mass is 208 g/mol. The van der Waals surface area contributed by atoms with Crippen molar-refractivity contribution in [3.8, 4) is 0 Å². The lowest BCUT2D eigenvalue weighted by molar-refractivity contribution is 1.43. The van der Waals surface area contributed by atoms with E-state index in [0.717, 1.165) is 6.42 Å². The van der Waals surface area contributed by atoms with Crippen molar-refractivity contribution in [2.45, 2.75) is 13.3 Å². The second kappa shape index (κ2) is 4.36. The van der Waals surface area contributed by atoms with E-state index in [9.17, 15) is 0 Å². The van der Waals surface area contributed by atoms with Gasteiger partial charge < -0.3 is 0 Å². The van der Waals surface area contributed by atoms with Crippen LogP contribution in [0.4, 0.5) is 0 Å². The van der Waals surface area contributed by atoms with Crippen LogP contribution in [0.2, 0.25) is 0 Å². The average Bonchev–Trinajstić information content (AvgIpc) is 2.80. The molecule has 16 heavy (non-hydrogen) atoms. The minimum atomic E-state index is 1.09. The normalized spacial score (nSPS) is 12.1. The van der Waals surface area contributed by atoms with Gasteiger partial charge in [0.25, 0.3) is 0 Å². The summed E-state index contributed by atoms with van der Waals surface area (Å²) < 4.78 is 0. The van der Waals surface area contributed by atoms with E-state index in [1.165, 1.54) is 26.8 Å². The van der Waals surface area contributed by atoms with Crippen molar-refractivity contribution in [3.05, 3.63) is 59.5 Å². The quantitative estimate of drug-likeness (QED) is 0.584. The topological polar surface area (TPSA) is 0 Å². The Morgan fingerprint density at radius 2 is 1.81 bits per heavy atom. The SMILES string of the molecule is C=C.Cc1c2c(cc3ccccc13)=CCC=2. The maximum atomic E-state index is 3.00. The molecular weight excluding hydrogens is 192 g/mol. The molecule has 0 aliphatic heterocycles. The van der Waals surface area contributed by atoms with Crippen LogP contribution in [0.5, 0.6) is 0 Å². The van der Waals surface area contributed by atoms with Gasteiger partial charge in [-0.25, -0.2) is 0 Å². The number of fused-ring (bicyclic) bond motifs is 2. The summed E-state index contributed by atoms with van der Waals surface area (Å²) in [6.07, 6.45) is 5.71. The van der Waals surface area contributed by atoms with E-state index in [1.807, 2.05) is 0 Å². The largest absolute Gasteiger partial charge is 0.106 e. The second-order valence-corrected chi connectivity index (χ2v) is 3.87. The van der Waals surface area contributed by atoms with Gasteiger partial charge in [-0.15, -0.1) is 13.2 Å². The van der Waals surface area contributed by atoms with Gasteiger partial charge in [-0.05, 0) is 46.2 Å². The Hall–Kier alpha value is -1.82. The smallest absolute Gasteiger partial charge is 0.0148 e. The first-order chi connectivity index (χ1) is 7.86. The first-order valence-electron chi connectivity index (χ1n) is 5.55. The van der Waals surface area contributed by atoms with E-state index in [1.54, 1.807) is 0 Å². The van der Waals surface area contributed by atoms with Gasteiger partial charge in [0, 0.05) is 0 Å². The molecule has 0 unspecified atom stereocenters. The Kier molecular flexibility index (Phi) is 2.91. The molecule has 1 aliphatic carbocycles. The Morgan fingerprint density at radius 3 is 2.62 bits per heavy atom. The van der Waals surface area contributed by atoms with Crippen LogP contribution in [0.15, 0.2) is 43.5 Å². The van der Waals surface area contributed by atoms with Crippen LogP contribution in [-0.2, 0) is 0 Å². The van der Waals surface area contributed by atoms with E-state index >= 15 is 0 Å². The summed E-state index contributed by atoms with van der Waals surface area (Å²) >= 11 is 0. The van der Waals surface area contributed by atoms with Crippen molar-refractivity contribution in [2.75, 3.05) is 0 Å². The van der Waals surface area contributed by atoms with Crippen molar-refractivity contribution in [2.24, 2.45) is 0 Å². The van der Waals surface area contributed by atoms with Crippen LogP contribution in [0.25, 0.3) is 22.9 Å². The molecule has 0 radical (unpaired) electrons. The van der Waals surface area contributed by atoms with Crippen molar-refractivity contribution in [1.29, 1.82) is 0 Å². The zero-order valence-corrected chi connectivity index (χ0v) is 9.66. The van der Waals surface area contributed by atoms with Gasteiger partial charge in [0.05, 0.1) is 0 Å². The zero-order chi connectivity index (χ0) is 11.5. The van der Waals surface area contributed by atoms with Gasteiger partial charge in [-0.1, -0.05) is 36.4 Å². The third kappa shape index (κ3) is 1.57. The maximum Gasteiger partial charge on any atom is -0.0148 e. The molecule has 3 rings (SSSR count). The Labute approximate surface area is 96.2 Å². The Morgan fingerprint density at radius 1 is 1.06 bits per heavy atom. The fourth-order valence-corrected chi connectivity index (χ4v) is 2.31. The van der Waals surface area contributed by atoms with Gasteiger partial charge in [0.1, 0.15) is 0 Å². The van der Waals surface area contributed by atoms with Crippen LogP contribution in [0.1, 0.15) is 12.0 Å². The lowest BCUT2D eigenvalue weighted by Gasteiger charge is -2.02. The first kappa shape index (κ1) is 10.7. The third-order valence-corrected chi connectivity index (χ3v) is 3.05. The lowest BCUT2D eigenvalue weighted by Crippen LogP contribution is -2.24. The predicted octanol–water partition coefficient (Wildman–Crippen LogP) is 2.92. The summed E-state index contributed by atoms with van der Waals surface area (Å²) in [6.45, 7) is 8.22. The van der Waals surface area contributed by atoms with Crippen molar-refractivity contribution >= 4 is 22.9 Å². The molecule has 0 N–H and O–H groups in total. The van der Waals surface area contributed by atoms with Gasteiger partial charge >= 0.3 is 0 Å². The summed E-state index contributed by atoms with van der Waals surface area (Å²) in [6, 6.07) is 10.9. The van der Waals surface area contributed by atoms with Crippen LogP contribution >= 0.6 is 0 Å². The average molecular weight is 208 g/mol. The van der Waals surface area contributed by atoms with Gasteiger partial charge in [0.15, 0.2) is 0 Å². The second-order valence-electron chi connectivity index (χ2n) is 3.87. The molecule has 0 atom stereocenters. The van der Waals surface area contributed by atoms with Gasteiger partial charge in [-0.2, -0.15) is 0 Å². The molecular formula is C16H16. The van der Waals surface area contributed by atoms with Crippen LogP contribution < -0.4 is 10.4 Å². The highest BCUT2D eigenvalue weighted by Crippen LogP contribution is 2.13. The minimum absolute atomic E-state index is 1.09. The molecule has 0 nitrogen and oxygen atoms in total. The van der Waals surface area contributed by atoms with E-state index in [-0.39, 0.29) is 0 Å². The molecule has 0 fully saturated rings. The summed E-state index contributed by atoms with van der Waals surface area (Å²) in [5.74, 6) is 0. The lowest BCUT2D eigenvalue weighted by atomic mass is 10.0. The summed E-state index contributed by atoms with van der Waals surface area (Å²) in [5.41, 5.74) is 1.42. The van der Waals surface area contributed by atoms with Crippen molar-refractivity contribution in [1.82, 2.24) is 0 Å². The predicted molar refractivity (Wildman–Crippen MR) is 72.7 cm³/mol. The molecule has 0 amide bonds. The highest BCUT2D eigenvalue weighted by molar-refractivity contribution is 5.86. The highest BCUT2D eigenvalue weighted by Gasteiger charge is 2.02. The Bertz CT molecular complexity index is 633. The number of rotatable bonds is 0. The molecule has 0 bridgehead atoms. The summed E-state index contributed by atoms with van der Waals surface area (Å²) in [5, 5.41) is 5.58. The molecule has 80 valence electrons. The molecule has 0 saturated heterocycles. The molecule has 0 aromatic heterocycles. The zero-order valence-electron chi connectivity index (χ0n) is 9.66. The van der Waals surface area contributed by atoms with Gasteiger partial charge in [-0.3, -0.25) is 0 Å². The van der Waals surface area contributed by atoms with Crippen molar-refractivity contribution in [3.63, 3.8) is 0 Å². The summed E-state index contributed by atoms with van der Waals surface area (Å²) in [7, 11) is 0. The molecule has 2 aromatic carbocycles. The fourth-order valence-electron chi connectivity index (χ4n) is 2.31. The summed E-state index contributed by atoms with van der Waals surface area (Å²) in [4.78, 5) is 0. The molecule has 0 heterocycles. The van der Waals surface area contributed by atoms with Gasteiger partial charge in [0.2, 0.25) is 0 Å². The van der Waals surface area contributed by atoms with E-state index in [4.69, 9.17) is 0 Å². The molecule has 2 aromatic rings.